The maximum absolute atomic E-state index is 11.8. The number of hydrogen-bond donors (Lipinski definition) is 2. The molecule has 0 aromatic carbocycles. The molecule has 0 saturated carbocycles. The summed E-state index contributed by atoms with van der Waals surface area (Å²) in [6, 6.07) is 5.52. The Kier molecular flexibility index (Phi) is 7.44. The summed E-state index contributed by atoms with van der Waals surface area (Å²) < 4.78 is 31.2. The summed E-state index contributed by atoms with van der Waals surface area (Å²) in [5.74, 6) is -0.0506. The predicted molar refractivity (Wildman–Crippen MR) is 88.6 cm³/mol. The van der Waals surface area contributed by atoms with Crippen LogP contribution in [-0.2, 0) is 21.2 Å². The summed E-state index contributed by atoms with van der Waals surface area (Å²) in [7, 11) is -3.35. The number of carbonyl (C=O) groups excluding carboxylic acids is 1. The highest BCUT2D eigenvalue weighted by atomic mass is 32.2. The Morgan fingerprint density at radius 2 is 2.00 bits per heavy atom. The normalized spacial score (nSPS) is 12.0. The lowest BCUT2D eigenvalue weighted by molar-refractivity contribution is 0.0528. The molecule has 0 unspecified atom stereocenters. The van der Waals surface area contributed by atoms with Crippen molar-refractivity contribution in [2.75, 3.05) is 18.8 Å². The van der Waals surface area contributed by atoms with Crippen LogP contribution in [0.4, 0.5) is 4.79 Å². The highest BCUT2D eigenvalue weighted by molar-refractivity contribution is 7.89. The third-order valence-electron chi connectivity index (χ3n) is 2.69. The van der Waals surface area contributed by atoms with Crippen LogP contribution >= 0.6 is 0 Å². The number of nitrogens with zero attached hydrogens (tertiary/aromatic N) is 1. The van der Waals surface area contributed by atoms with E-state index in [1.807, 2.05) is 18.2 Å². The lowest BCUT2D eigenvalue weighted by Gasteiger charge is -2.19. The van der Waals surface area contributed by atoms with Crippen LogP contribution in [-0.4, -0.2) is 43.9 Å². The second-order valence-corrected chi connectivity index (χ2v) is 7.99. The van der Waals surface area contributed by atoms with Gasteiger partial charge in [-0.05, 0) is 39.3 Å². The van der Waals surface area contributed by atoms with Gasteiger partial charge in [0.1, 0.15) is 5.60 Å². The summed E-state index contributed by atoms with van der Waals surface area (Å²) in [6.07, 6.45) is 1.98. The first-order chi connectivity index (χ1) is 10.7. The molecule has 1 amide bonds. The third kappa shape index (κ3) is 9.85. The van der Waals surface area contributed by atoms with E-state index in [1.165, 1.54) is 0 Å². The zero-order chi connectivity index (χ0) is 17.3. The predicted octanol–water partition coefficient (Wildman–Crippen LogP) is 1.46. The standard InChI is InChI=1S/C15H25N3O4S/c1-15(2,3)22-14(19)17-10-6-12-23(20,21)18-11-8-13-7-4-5-9-16-13/h4-5,7,9,18H,6,8,10-12H2,1-3H3,(H,17,19). The highest BCUT2D eigenvalue weighted by Crippen LogP contribution is 2.06. The van der Waals surface area contributed by atoms with E-state index in [4.69, 9.17) is 4.74 Å². The molecule has 0 atom stereocenters. The number of pyridine rings is 1. The number of hydrogen-bond acceptors (Lipinski definition) is 5. The quantitative estimate of drug-likeness (QED) is 0.697. The molecule has 0 spiro atoms. The van der Waals surface area contributed by atoms with E-state index < -0.39 is 21.7 Å². The fourth-order valence-corrected chi connectivity index (χ4v) is 2.80. The zero-order valence-electron chi connectivity index (χ0n) is 13.8. The molecule has 1 heterocycles. The molecule has 1 aromatic heterocycles. The largest absolute Gasteiger partial charge is 0.444 e. The molecule has 23 heavy (non-hydrogen) atoms. The van der Waals surface area contributed by atoms with Gasteiger partial charge in [-0.15, -0.1) is 0 Å². The van der Waals surface area contributed by atoms with E-state index in [-0.39, 0.29) is 12.3 Å². The SMILES string of the molecule is CC(C)(C)OC(=O)NCCCS(=O)(=O)NCCc1ccccn1. The molecule has 0 radical (unpaired) electrons. The molecule has 1 aromatic rings. The third-order valence-corrected chi connectivity index (χ3v) is 4.16. The van der Waals surface area contributed by atoms with Gasteiger partial charge < -0.3 is 10.1 Å². The Morgan fingerprint density at radius 3 is 2.61 bits per heavy atom. The van der Waals surface area contributed by atoms with E-state index in [9.17, 15) is 13.2 Å². The van der Waals surface area contributed by atoms with Gasteiger partial charge in [-0.3, -0.25) is 4.98 Å². The van der Waals surface area contributed by atoms with E-state index >= 15 is 0 Å². The average Bonchev–Trinajstić information content (AvgIpc) is 2.43. The number of carbonyl (C=O) groups is 1. The van der Waals surface area contributed by atoms with E-state index in [2.05, 4.69) is 15.0 Å². The van der Waals surface area contributed by atoms with Crippen molar-refractivity contribution in [2.45, 2.75) is 39.2 Å². The smallest absolute Gasteiger partial charge is 0.407 e. The van der Waals surface area contributed by atoms with Crippen LogP contribution in [0.2, 0.25) is 0 Å². The van der Waals surface area contributed by atoms with Gasteiger partial charge in [0, 0.05) is 31.4 Å². The van der Waals surface area contributed by atoms with E-state index in [0.717, 1.165) is 5.69 Å². The first kappa shape index (κ1) is 19.4. The van der Waals surface area contributed by atoms with Crippen molar-refractivity contribution in [3.8, 4) is 0 Å². The van der Waals surface area contributed by atoms with Gasteiger partial charge in [0.2, 0.25) is 10.0 Å². The van der Waals surface area contributed by atoms with Gasteiger partial charge in [-0.25, -0.2) is 17.9 Å². The van der Waals surface area contributed by atoms with Crippen molar-refractivity contribution in [3.05, 3.63) is 30.1 Å². The highest BCUT2D eigenvalue weighted by Gasteiger charge is 2.16. The van der Waals surface area contributed by atoms with Gasteiger partial charge in [-0.2, -0.15) is 0 Å². The lowest BCUT2D eigenvalue weighted by atomic mass is 10.2. The molecule has 0 saturated heterocycles. The molecule has 130 valence electrons. The van der Waals surface area contributed by atoms with Gasteiger partial charge in [0.05, 0.1) is 5.75 Å². The molecule has 8 heteroatoms. The van der Waals surface area contributed by atoms with Crippen molar-refractivity contribution in [1.29, 1.82) is 0 Å². The van der Waals surface area contributed by atoms with Crippen LogP contribution < -0.4 is 10.0 Å². The Balaban J connectivity index is 2.19. The molecular weight excluding hydrogens is 318 g/mol. The number of ether oxygens (including phenoxy) is 1. The summed E-state index contributed by atoms with van der Waals surface area (Å²) >= 11 is 0. The van der Waals surface area contributed by atoms with Crippen molar-refractivity contribution in [3.63, 3.8) is 0 Å². The van der Waals surface area contributed by atoms with Crippen molar-refractivity contribution in [2.24, 2.45) is 0 Å². The maximum atomic E-state index is 11.8. The Morgan fingerprint density at radius 1 is 1.26 bits per heavy atom. The lowest BCUT2D eigenvalue weighted by Crippen LogP contribution is -2.34. The van der Waals surface area contributed by atoms with Crippen LogP contribution in [0.3, 0.4) is 0 Å². The Bertz CT molecular complexity index is 582. The Labute approximate surface area is 137 Å². The monoisotopic (exact) mass is 343 g/mol. The van der Waals surface area contributed by atoms with Crippen LogP contribution in [0.15, 0.2) is 24.4 Å². The number of alkyl carbamates (subject to hydrolysis) is 1. The maximum Gasteiger partial charge on any atom is 0.407 e. The van der Waals surface area contributed by atoms with Crippen LogP contribution in [0.1, 0.15) is 32.9 Å². The molecule has 0 aliphatic rings. The topological polar surface area (TPSA) is 97.4 Å². The van der Waals surface area contributed by atoms with Crippen molar-refractivity contribution >= 4 is 16.1 Å². The van der Waals surface area contributed by atoms with Crippen molar-refractivity contribution in [1.82, 2.24) is 15.0 Å². The van der Waals surface area contributed by atoms with Gasteiger partial charge in [0.25, 0.3) is 0 Å². The fraction of sp³-hybridized carbons (Fsp3) is 0.600. The zero-order valence-corrected chi connectivity index (χ0v) is 14.6. The minimum atomic E-state index is -3.35. The molecular formula is C15H25N3O4S. The van der Waals surface area contributed by atoms with E-state index in [1.54, 1.807) is 27.0 Å². The second kappa shape index (κ2) is 8.83. The minimum absolute atomic E-state index is 0.0506. The molecule has 0 aliphatic heterocycles. The minimum Gasteiger partial charge on any atom is -0.444 e. The summed E-state index contributed by atoms with van der Waals surface area (Å²) in [6.45, 7) is 5.85. The molecule has 2 N–H and O–H groups in total. The number of nitrogens with one attached hydrogen (secondary N) is 2. The number of amides is 1. The fourth-order valence-electron chi connectivity index (χ4n) is 1.72. The van der Waals surface area contributed by atoms with Gasteiger partial charge >= 0.3 is 6.09 Å². The van der Waals surface area contributed by atoms with Crippen LogP contribution in [0, 0.1) is 0 Å². The number of rotatable bonds is 8. The van der Waals surface area contributed by atoms with Crippen LogP contribution in [0.5, 0.6) is 0 Å². The molecule has 0 bridgehead atoms. The Hall–Kier alpha value is -1.67. The molecule has 1 rings (SSSR count). The summed E-state index contributed by atoms with van der Waals surface area (Å²) in [5, 5.41) is 2.53. The van der Waals surface area contributed by atoms with Crippen molar-refractivity contribution < 1.29 is 17.9 Å². The van der Waals surface area contributed by atoms with Gasteiger partial charge in [0.15, 0.2) is 0 Å². The molecule has 0 aliphatic carbocycles. The van der Waals surface area contributed by atoms with E-state index in [0.29, 0.717) is 19.4 Å². The molecule has 7 nitrogen and oxygen atoms in total. The summed E-state index contributed by atoms with van der Waals surface area (Å²) in [4.78, 5) is 15.5. The first-order valence-corrected chi connectivity index (χ1v) is 9.17. The molecule has 0 fully saturated rings. The number of sulfonamides is 1. The van der Waals surface area contributed by atoms with Gasteiger partial charge in [-0.1, -0.05) is 6.07 Å². The number of aromatic nitrogens is 1. The van der Waals surface area contributed by atoms with Crippen LogP contribution in [0.25, 0.3) is 0 Å². The summed E-state index contributed by atoms with van der Waals surface area (Å²) in [5.41, 5.74) is 0.269. The second-order valence-electron chi connectivity index (χ2n) is 6.07. The average molecular weight is 343 g/mol. The first-order valence-electron chi connectivity index (χ1n) is 7.52.